The zero-order valence-electron chi connectivity index (χ0n) is 20.2. The first-order chi connectivity index (χ1) is 18.1. The minimum atomic E-state index is -0.272. The van der Waals surface area contributed by atoms with Crippen LogP contribution in [0.3, 0.4) is 0 Å². The van der Waals surface area contributed by atoms with Gasteiger partial charge in [-0.3, -0.25) is 9.36 Å². The summed E-state index contributed by atoms with van der Waals surface area (Å²) >= 11 is 4.70. The van der Waals surface area contributed by atoms with Crippen molar-refractivity contribution in [3.8, 4) is 17.2 Å². The topological polar surface area (TPSA) is 103 Å². The van der Waals surface area contributed by atoms with Crippen molar-refractivity contribution in [2.75, 3.05) is 25.3 Å². The number of anilines is 1. The summed E-state index contributed by atoms with van der Waals surface area (Å²) in [5.74, 6) is 1.92. The van der Waals surface area contributed by atoms with Gasteiger partial charge < -0.3 is 14.8 Å². The predicted octanol–water partition coefficient (Wildman–Crippen LogP) is 4.90. The van der Waals surface area contributed by atoms with Gasteiger partial charge in [0.1, 0.15) is 11.5 Å². The second-order valence-corrected chi connectivity index (χ2v) is 9.45. The second kappa shape index (κ2) is 12.9. The zero-order valence-corrected chi connectivity index (χ0v) is 22.6. The Labute approximate surface area is 227 Å². The number of rotatable bonds is 11. The van der Waals surface area contributed by atoms with Gasteiger partial charge in [-0.05, 0) is 42.5 Å². The van der Waals surface area contributed by atoms with Crippen LogP contribution < -0.4 is 20.2 Å². The van der Waals surface area contributed by atoms with Crippen molar-refractivity contribution in [1.29, 1.82) is 0 Å². The first kappa shape index (κ1) is 26.2. The van der Waals surface area contributed by atoms with Crippen LogP contribution in [0.1, 0.15) is 11.4 Å². The van der Waals surface area contributed by atoms with Gasteiger partial charge in [0.05, 0.1) is 38.4 Å². The number of para-hydroxylation sites is 3. The van der Waals surface area contributed by atoms with E-state index in [0.29, 0.717) is 23.3 Å². The van der Waals surface area contributed by atoms with Crippen LogP contribution in [0.2, 0.25) is 0 Å². The number of carbonyl (C=O) groups is 1. The third kappa shape index (κ3) is 6.89. The van der Waals surface area contributed by atoms with Crippen molar-refractivity contribution in [3.05, 3.63) is 88.7 Å². The minimum Gasteiger partial charge on any atom is -0.496 e. The Morgan fingerprint density at radius 1 is 1.03 bits per heavy atom. The number of thioether (sulfide) groups is 1. The number of methoxy groups -OCH3 is 2. The normalized spacial score (nSPS) is 10.9. The quantitative estimate of drug-likeness (QED) is 0.148. The molecule has 0 atom stereocenters. The van der Waals surface area contributed by atoms with E-state index in [-0.39, 0.29) is 11.7 Å². The van der Waals surface area contributed by atoms with Gasteiger partial charge in [0.2, 0.25) is 0 Å². The van der Waals surface area contributed by atoms with Crippen LogP contribution in [0.4, 0.5) is 5.69 Å². The molecule has 37 heavy (non-hydrogen) atoms. The van der Waals surface area contributed by atoms with Crippen LogP contribution in [0, 0.1) is 0 Å². The molecule has 0 unspecified atom stereocenters. The number of amides is 1. The van der Waals surface area contributed by atoms with Crippen molar-refractivity contribution < 1.29 is 14.3 Å². The number of nitrogens with one attached hydrogen (secondary N) is 2. The Balaban J connectivity index is 1.44. The summed E-state index contributed by atoms with van der Waals surface area (Å²) in [5.41, 5.74) is 5.03. The fourth-order valence-corrected chi connectivity index (χ4v) is 4.59. The molecule has 0 spiro atoms. The monoisotopic (exact) mass is 580 g/mol. The summed E-state index contributed by atoms with van der Waals surface area (Å²) in [6.45, 7) is 0.411. The molecule has 1 amide bonds. The molecule has 0 bridgehead atoms. The lowest BCUT2D eigenvalue weighted by molar-refractivity contribution is -0.118. The molecule has 190 valence electrons. The van der Waals surface area contributed by atoms with E-state index in [0.717, 1.165) is 27.2 Å². The van der Waals surface area contributed by atoms with E-state index in [1.807, 2.05) is 77.4 Å². The lowest BCUT2D eigenvalue weighted by Gasteiger charge is -2.13. The molecule has 9 nitrogen and oxygen atoms in total. The lowest BCUT2D eigenvalue weighted by atomic mass is 10.2. The molecule has 0 aliphatic heterocycles. The number of nitrogens with zero attached hydrogens (tertiary/aromatic N) is 4. The second-order valence-electron chi connectivity index (χ2n) is 7.59. The number of hydrazone groups is 1. The average Bonchev–Trinajstić information content (AvgIpc) is 3.34. The molecular weight excluding hydrogens is 556 g/mol. The highest BCUT2D eigenvalue weighted by Crippen LogP contribution is 2.26. The predicted molar refractivity (Wildman–Crippen MR) is 149 cm³/mol. The van der Waals surface area contributed by atoms with E-state index in [2.05, 4.69) is 42.0 Å². The molecular formula is C26H25BrN6O3S. The zero-order chi connectivity index (χ0) is 26.0. The fraction of sp³-hybridized carbons (Fsp3) is 0.154. The first-order valence-corrected chi connectivity index (χ1v) is 13.0. The van der Waals surface area contributed by atoms with Gasteiger partial charge in [-0.2, -0.15) is 5.10 Å². The summed E-state index contributed by atoms with van der Waals surface area (Å²) in [6.07, 6.45) is 1.54. The van der Waals surface area contributed by atoms with Crippen LogP contribution >= 0.6 is 27.7 Å². The summed E-state index contributed by atoms with van der Waals surface area (Å²) in [5, 5.41) is 16.7. The van der Waals surface area contributed by atoms with E-state index < -0.39 is 0 Å². The van der Waals surface area contributed by atoms with Crippen LogP contribution in [0.5, 0.6) is 11.5 Å². The summed E-state index contributed by atoms with van der Waals surface area (Å²) in [6, 6.07) is 23.0. The number of halogens is 1. The van der Waals surface area contributed by atoms with Crippen molar-refractivity contribution >= 4 is 45.5 Å². The molecule has 4 aromatic rings. The number of carbonyl (C=O) groups excluding carboxylic acids is 1. The van der Waals surface area contributed by atoms with E-state index in [1.165, 1.54) is 11.8 Å². The third-order valence-electron chi connectivity index (χ3n) is 5.18. The molecule has 0 aliphatic carbocycles. The average molecular weight is 581 g/mol. The van der Waals surface area contributed by atoms with Crippen LogP contribution in [0.25, 0.3) is 5.69 Å². The Bertz CT molecular complexity index is 1380. The molecule has 1 heterocycles. The molecule has 0 aliphatic rings. The molecule has 4 rings (SSSR count). The maximum absolute atomic E-state index is 12.5. The largest absolute Gasteiger partial charge is 0.496 e. The van der Waals surface area contributed by atoms with Crippen molar-refractivity contribution in [2.45, 2.75) is 11.7 Å². The molecule has 0 radical (unpaired) electrons. The van der Waals surface area contributed by atoms with Gasteiger partial charge in [0, 0.05) is 15.7 Å². The molecule has 2 N–H and O–H groups in total. The Morgan fingerprint density at radius 2 is 1.78 bits per heavy atom. The minimum absolute atomic E-state index is 0.109. The first-order valence-electron chi connectivity index (χ1n) is 11.2. The standard InChI is InChI=1S/C26H25BrN6O3S/c1-35-22-13-12-19(27)14-18(22)15-29-31-25(34)17-37-26-32-30-24(33(26)20-8-4-3-5-9-20)16-28-21-10-6-7-11-23(21)36-2/h3-15,28H,16-17H2,1-2H3,(H,31,34)/b29-15-. The van der Waals surface area contributed by atoms with E-state index in [4.69, 9.17) is 9.47 Å². The van der Waals surface area contributed by atoms with Crippen LogP contribution in [-0.2, 0) is 11.3 Å². The number of aromatic nitrogens is 3. The molecule has 0 saturated heterocycles. The summed E-state index contributed by atoms with van der Waals surface area (Å²) in [4.78, 5) is 12.5. The van der Waals surface area contributed by atoms with Gasteiger partial charge in [-0.15, -0.1) is 10.2 Å². The van der Waals surface area contributed by atoms with Gasteiger partial charge >= 0.3 is 0 Å². The maximum Gasteiger partial charge on any atom is 0.250 e. The summed E-state index contributed by atoms with van der Waals surface area (Å²) in [7, 11) is 3.21. The van der Waals surface area contributed by atoms with Gasteiger partial charge in [-0.1, -0.05) is 58.0 Å². The van der Waals surface area contributed by atoms with E-state index in [9.17, 15) is 4.79 Å². The number of hydrogen-bond donors (Lipinski definition) is 2. The van der Waals surface area contributed by atoms with Crippen LogP contribution in [-0.4, -0.2) is 46.9 Å². The van der Waals surface area contributed by atoms with E-state index in [1.54, 1.807) is 20.4 Å². The maximum atomic E-state index is 12.5. The molecule has 1 aromatic heterocycles. The van der Waals surface area contributed by atoms with Gasteiger partial charge in [0.25, 0.3) is 5.91 Å². The number of hydrogen-bond acceptors (Lipinski definition) is 8. The van der Waals surface area contributed by atoms with Gasteiger partial charge in [-0.25, -0.2) is 5.43 Å². The van der Waals surface area contributed by atoms with Crippen molar-refractivity contribution in [1.82, 2.24) is 20.2 Å². The van der Waals surface area contributed by atoms with E-state index >= 15 is 0 Å². The fourth-order valence-electron chi connectivity index (χ4n) is 3.45. The van der Waals surface area contributed by atoms with Crippen molar-refractivity contribution in [2.24, 2.45) is 5.10 Å². The molecule has 0 fully saturated rings. The highest BCUT2D eigenvalue weighted by molar-refractivity contribution is 9.10. The Hall–Kier alpha value is -3.83. The SMILES string of the molecule is COc1ccc(Br)cc1/C=N\NC(=O)CSc1nnc(CNc2ccccc2OC)n1-c1ccccc1. The Kier molecular flexibility index (Phi) is 9.17. The Morgan fingerprint density at radius 3 is 2.57 bits per heavy atom. The third-order valence-corrected chi connectivity index (χ3v) is 6.60. The molecule has 0 saturated carbocycles. The van der Waals surface area contributed by atoms with Crippen LogP contribution in [0.15, 0.2) is 87.5 Å². The highest BCUT2D eigenvalue weighted by atomic mass is 79.9. The number of benzene rings is 3. The lowest BCUT2D eigenvalue weighted by Crippen LogP contribution is -2.20. The summed E-state index contributed by atoms with van der Waals surface area (Å²) < 4.78 is 13.6. The molecule has 3 aromatic carbocycles. The highest BCUT2D eigenvalue weighted by Gasteiger charge is 2.16. The van der Waals surface area contributed by atoms with Gasteiger partial charge in [0.15, 0.2) is 11.0 Å². The van der Waals surface area contributed by atoms with Crippen molar-refractivity contribution in [3.63, 3.8) is 0 Å². The molecule has 11 heteroatoms. The number of ether oxygens (including phenoxy) is 2. The smallest absolute Gasteiger partial charge is 0.250 e.